The smallest absolute Gasteiger partial charge is 0.119 e. The van der Waals surface area contributed by atoms with Gasteiger partial charge < -0.3 is 10.2 Å². The van der Waals surface area contributed by atoms with Crippen molar-refractivity contribution in [1.82, 2.24) is 0 Å². The van der Waals surface area contributed by atoms with Crippen molar-refractivity contribution in [2.24, 2.45) is 0 Å². The summed E-state index contributed by atoms with van der Waals surface area (Å²) >= 11 is 0. The molecule has 0 aliphatic heterocycles. The fourth-order valence-electron chi connectivity index (χ4n) is 1.37. The number of hydrogen-bond donors (Lipinski definition) is 2. The van der Waals surface area contributed by atoms with E-state index < -0.39 is 0 Å². The van der Waals surface area contributed by atoms with Gasteiger partial charge in [-0.25, -0.2) is 0 Å². The largest absolute Gasteiger partial charge is 0.516 e. The van der Waals surface area contributed by atoms with Gasteiger partial charge in [0.2, 0.25) is 0 Å². The number of phenols is 1. The molecule has 0 heterocycles. The van der Waals surface area contributed by atoms with E-state index in [-0.39, 0.29) is 5.75 Å². The van der Waals surface area contributed by atoms with Crippen LogP contribution in [0.15, 0.2) is 43.2 Å². The third-order valence-electron chi connectivity index (χ3n) is 2.04. The third-order valence-corrected chi connectivity index (χ3v) is 2.04. The molecule has 1 rings (SSSR count). The maximum Gasteiger partial charge on any atom is 0.119 e. The summed E-state index contributed by atoms with van der Waals surface area (Å²) in [7, 11) is 0. The van der Waals surface area contributed by atoms with Crippen molar-refractivity contribution in [3.63, 3.8) is 0 Å². The quantitative estimate of drug-likeness (QED) is 0.566. The first kappa shape index (κ1) is 10.4. The lowest BCUT2D eigenvalue weighted by molar-refractivity contribution is 0.467. The molecule has 0 bridgehead atoms. The number of hydrogen-bond acceptors (Lipinski definition) is 2. The number of allylic oxidation sites excluding steroid dienone is 2. The summed E-state index contributed by atoms with van der Waals surface area (Å²) in [6.45, 7) is 3.64. The summed E-state index contributed by atoms with van der Waals surface area (Å²) in [5.41, 5.74) is 1.89. The molecule has 0 saturated carbocycles. The Balaban J connectivity index is 3.00. The van der Waals surface area contributed by atoms with Crippen LogP contribution in [0.25, 0.3) is 0 Å². The zero-order valence-electron chi connectivity index (χ0n) is 7.98. The molecule has 0 saturated heterocycles. The topological polar surface area (TPSA) is 40.5 Å². The van der Waals surface area contributed by atoms with Crippen molar-refractivity contribution in [2.75, 3.05) is 0 Å². The molecule has 2 heteroatoms. The van der Waals surface area contributed by atoms with Crippen LogP contribution in [0.5, 0.6) is 5.75 Å². The van der Waals surface area contributed by atoms with Gasteiger partial charge in [-0.15, -0.1) is 6.58 Å². The second kappa shape index (κ2) is 5.12. The fourth-order valence-corrected chi connectivity index (χ4v) is 1.37. The van der Waals surface area contributed by atoms with Crippen LogP contribution in [0.3, 0.4) is 0 Å². The molecule has 0 radical (unpaired) electrons. The van der Waals surface area contributed by atoms with Gasteiger partial charge in [-0.3, -0.25) is 0 Å². The van der Waals surface area contributed by atoms with Crippen molar-refractivity contribution in [3.05, 3.63) is 54.3 Å². The molecule has 0 aromatic heterocycles. The maximum atomic E-state index is 9.59. The van der Waals surface area contributed by atoms with E-state index in [1.54, 1.807) is 24.3 Å². The lowest BCUT2D eigenvalue weighted by Gasteiger charge is -2.07. The average Bonchev–Trinajstić information content (AvgIpc) is 2.19. The normalized spacial score (nSPS) is 10.6. The van der Waals surface area contributed by atoms with E-state index >= 15 is 0 Å². The van der Waals surface area contributed by atoms with Crippen molar-refractivity contribution in [1.29, 1.82) is 0 Å². The van der Waals surface area contributed by atoms with Gasteiger partial charge in [0.05, 0.1) is 6.26 Å². The number of rotatable bonds is 4. The van der Waals surface area contributed by atoms with E-state index in [1.165, 1.54) is 0 Å². The molecule has 0 aliphatic carbocycles. The molecule has 74 valence electrons. The molecule has 2 nitrogen and oxygen atoms in total. The van der Waals surface area contributed by atoms with Gasteiger partial charge in [0.15, 0.2) is 0 Å². The van der Waals surface area contributed by atoms with Crippen LogP contribution in [0.1, 0.15) is 11.1 Å². The second-order valence-corrected chi connectivity index (χ2v) is 3.00. The third kappa shape index (κ3) is 2.39. The van der Waals surface area contributed by atoms with E-state index in [9.17, 15) is 5.11 Å². The number of phenolic OH excluding ortho intramolecular Hbond substituents is 1. The summed E-state index contributed by atoms with van der Waals surface area (Å²) in [5.74, 6) is 0.286. The maximum absolute atomic E-state index is 9.59. The first-order chi connectivity index (χ1) is 6.79. The van der Waals surface area contributed by atoms with E-state index in [0.717, 1.165) is 17.4 Å². The van der Waals surface area contributed by atoms with Gasteiger partial charge in [0.1, 0.15) is 5.75 Å². The molecular formula is C12H14O2. The molecule has 1 aromatic carbocycles. The lowest BCUT2D eigenvalue weighted by atomic mass is 10.0. The summed E-state index contributed by atoms with van der Waals surface area (Å²) < 4.78 is 0. The molecule has 0 atom stereocenters. The van der Waals surface area contributed by atoms with Crippen LogP contribution >= 0.6 is 0 Å². The van der Waals surface area contributed by atoms with Gasteiger partial charge in [0.25, 0.3) is 0 Å². The highest BCUT2D eigenvalue weighted by Gasteiger charge is 2.04. The molecule has 0 aliphatic rings. The van der Waals surface area contributed by atoms with Gasteiger partial charge in [0, 0.05) is 5.56 Å². The highest BCUT2D eigenvalue weighted by molar-refractivity contribution is 5.41. The highest BCUT2D eigenvalue weighted by atomic mass is 16.3. The fraction of sp³-hybridized carbons (Fsp3) is 0.167. The molecule has 0 unspecified atom stereocenters. The lowest BCUT2D eigenvalue weighted by Crippen LogP contribution is -1.92. The summed E-state index contributed by atoms with van der Waals surface area (Å²) in [5, 5.41) is 18.1. The monoisotopic (exact) mass is 190 g/mol. The van der Waals surface area contributed by atoms with Crippen molar-refractivity contribution >= 4 is 0 Å². The van der Waals surface area contributed by atoms with Crippen molar-refractivity contribution < 1.29 is 10.2 Å². The van der Waals surface area contributed by atoms with Crippen molar-refractivity contribution in [2.45, 2.75) is 12.8 Å². The Morgan fingerprint density at radius 3 is 2.71 bits per heavy atom. The molecule has 1 aromatic rings. The number of benzene rings is 1. The minimum atomic E-state index is 0.286. The number of aliphatic hydroxyl groups excluding tert-OH is 1. The molecule has 2 N–H and O–H groups in total. The molecule has 0 spiro atoms. The zero-order valence-corrected chi connectivity index (χ0v) is 7.98. The highest BCUT2D eigenvalue weighted by Crippen LogP contribution is 2.22. The predicted octanol–water partition coefficient (Wildman–Crippen LogP) is 2.73. The van der Waals surface area contributed by atoms with Crippen LogP contribution < -0.4 is 0 Å². The standard InChI is InChI=1S/C12H14O2/c1-2-5-11-10(7-4-9-13)6-3-8-12(11)14/h2-4,6,8-9,13-14H,1,5,7H2. The van der Waals surface area contributed by atoms with Crippen LogP contribution in [0.4, 0.5) is 0 Å². The van der Waals surface area contributed by atoms with Gasteiger partial charge in [-0.05, 0) is 30.5 Å². The number of aromatic hydroxyl groups is 1. The summed E-state index contributed by atoms with van der Waals surface area (Å²) in [6.07, 6.45) is 5.67. The van der Waals surface area contributed by atoms with Crippen LogP contribution in [0.2, 0.25) is 0 Å². The van der Waals surface area contributed by atoms with Gasteiger partial charge in [-0.1, -0.05) is 18.2 Å². The van der Waals surface area contributed by atoms with E-state index in [2.05, 4.69) is 6.58 Å². The molecule has 0 amide bonds. The van der Waals surface area contributed by atoms with Crippen molar-refractivity contribution in [3.8, 4) is 5.75 Å². The Morgan fingerprint density at radius 1 is 1.29 bits per heavy atom. The Hall–Kier alpha value is -1.70. The minimum Gasteiger partial charge on any atom is -0.516 e. The average molecular weight is 190 g/mol. The second-order valence-electron chi connectivity index (χ2n) is 3.00. The summed E-state index contributed by atoms with van der Waals surface area (Å²) in [4.78, 5) is 0. The van der Waals surface area contributed by atoms with Gasteiger partial charge in [-0.2, -0.15) is 0 Å². The Kier molecular flexibility index (Phi) is 3.80. The summed E-state index contributed by atoms with van der Waals surface area (Å²) in [6, 6.07) is 5.38. The SMILES string of the molecule is C=CCc1c(O)cccc1CC=CO. The first-order valence-corrected chi connectivity index (χ1v) is 4.49. The Labute approximate surface area is 83.8 Å². The molecule has 0 fully saturated rings. The Bertz CT molecular complexity index is 340. The van der Waals surface area contributed by atoms with E-state index in [1.807, 2.05) is 6.07 Å². The van der Waals surface area contributed by atoms with E-state index in [4.69, 9.17) is 5.11 Å². The van der Waals surface area contributed by atoms with Crippen LogP contribution in [-0.2, 0) is 12.8 Å². The van der Waals surface area contributed by atoms with Crippen LogP contribution in [-0.4, -0.2) is 10.2 Å². The van der Waals surface area contributed by atoms with E-state index in [0.29, 0.717) is 12.8 Å². The number of aliphatic hydroxyl groups is 1. The van der Waals surface area contributed by atoms with Gasteiger partial charge >= 0.3 is 0 Å². The van der Waals surface area contributed by atoms with Crippen LogP contribution in [0, 0.1) is 0 Å². The molecule has 14 heavy (non-hydrogen) atoms. The molecular weight excluding hydrogens is 176 g/mol. The Morgan fingerprint density at radius 2 is 2.07 bits per heavy atom. The predicted molar refractivity (Wildman–Crippen MR) is 57.5 cm³/mol. The minimum absolute atomic E-state index is 0.286. The zero-order chi connectivity index (χ0) is 10.4. The first-order valence-electron chi connectivity index (χ1n) is 4.49.